The van der Waals surface area contributed by atoms with Crippen molar-refractivity contribution >= 4 is 35.6 Å². The number of ether oxygens (including phenoxy) is 5. The van der Waals surface area contributed by atoms with Gasteiger partial charge in [0.2, 0.25) is 5.91 Å². The Morgan fingerprint density at radius 2 is 0.982 bits per heavy atom. The molecule has 0 aromatic heterocycles. The lowest BCUT2D eigenvalue weighted by molar-refractivity contribution is -0.122. The van der Waals surface area contributed by atoms with Crippen LogP contribution in [0.2, 0.25) is 0 Å². The number of alkyl carbamates (subject to hydrolysis) is 1. The van der Waals surface area contributed by atoms with E-state index in [1.54, 1.807) is 14.2 Å². The first-order valence-electron chi connectivity index (χ1n) is 39.7. The number of hydrogen-bond acceptors (Lipinski definition) is 17. The van der Waals surface area contributed by atoms with Crippen LogP contribution in [0.4, 0.5) is 4.79 Å². The number of ketones is 1. The SMILES string of the molecule is CCOC(=O)NC1CC2(CCNCC2)c2ccccc21.CNC(=O)[C@@H]1CC2(CCNCC2)c2ccccc21.COc1ccc2c(c1)C(c1ccccc1)C1(CCNCC1)OC2=O.O=C1CC2(CCNCC2)Oc2ccccc21.O=C1NC2(CCNCC2)c2ccccc21.O=C1OC2(CCNCC2)Cc2ccccc21. The predicted molar refractivity (Wildman–Crippen MR) is 420 cm³/mol. The Labute approximate surface area is 640 Å². The third-order valence-corrected chi connectivity index (χ3v) is 25.0. The molecule has 7 aromatic rings. The Morgan fingerprint density at radius 1 is 0.477 bits per heavy atom. The number of piperidine rings is 6. The summed E-state index contributed by atoms with van der Waals surface area (Å²) >= 11 is 0. The van der Waals surface area contributed by atoms with Gasteiger partial charge in [0.05, 0.1) is 60.2 Å². The highest BCUT2D eigenvalue weighted by Gasteiger charge is 2.52. The van der Waals surface area contributed by atoms with Crippen molar-refractivity contribution in [1.82, 2.24) is 47.9 Å². The first-order valence-corrected chi connectivity index (χ1v) is 39.7. The van der Waals surface area contributed by atoms with Gasteiger partial charge in [0.15, 0.2) is 5.78 Å². The molecule has 0 saturated carbocycles. The van der Waals surface area contributed by atoms with Crippen LogP contribution < -0.4 is 57.3 Å². The Morgan fingerprint density at radius 3 is 1.61 bits per heavy atom. The number of carbonyl (C=O) groups excluding carboxylic acids is 6. The topological polar surface area (TPSA) is 257 Å². The van der Waals surface area contributed by atoms with E-state index in [2.05, 4.69) is 115 Å². The molecule has 12 aliphatic rings. The summed E-state index contributed by atoms with van der Waals surface area (Å²) in [7, 11) is 3.39. The summed E-state index contributed by atoms with van der Waals surface area (Å²) in [5.41, 5.74) is 12.3. The zero-order valence-electron chi connectivity index (χ0n) is 63.4. The maximum Gasteiger partial charge on any atom is 0.407 e. The van der Waals surface area contributed by atoms with Gasteiger partial charge in [0.25, 0.3) is 5.91 Å². The Kier molecular flexibility index (Phi) is 23.8. The second-order valence-electron chi connectivity index (χ2n) is 31.3. The van der Waals surface area contributed by atoms with Gasteiger partial charge in [-0.05, 0) is 229 Å². The molecular formula is C89H107N9O11. The Hall–Kier alpha value is -9.28. The predicted octanol–water partition coefficient (Wildman–Crippen LogP) is 11.5. The number of Topliss-reactive ketones (excluding diaryl/α,β-unsaturated/α-hetero) is 1. The lowest BCUT2D eigenvalue weighted by Crippen LogP contribution is -2.52. The molecular weight excluding hydrogens is 1370 g/mol. The summed E-state index contributed by atoms with van der Waals surface area (Å²) in [4.78, 5) is 72.2. The number of esters is 2. The second-order valence-corrected chi connectivity index (χ2v) is 31.3. The summed E-state index contributed by atoms with van der Waals surface area (Å²) in [5, 5.41) is 29.2. The molecule has 9 N–H and O–H groups in total. The highest BCUT2D eigenvalue weighted by atomic mass is 16.6. The van der Waals surface area contributed by atoms with E-state index in [0.717, 1.165) is 214 Å². The number of rotatable bonds is 5. The van der Waals surface area contributed by atoms with Crippen molar-refractivity contribution in [2.75, 3.05) is 99.3 Å². The third-order valence-electron chi connectivity index (χ3n) is 25.0. The molecule has 2 aliphatic carbocycles. The standard InChI is InChI=1S/C20H21NO3.C16H22N2O2.C15H20N2O.2C13H15NO2.C12H14N2O/c1-23-15-7-8-16-17(13-15)18(14-5-3-2-4-6-14)20(24-19(16)22)9-11-21-12-10-20;1-2-20-15(19)18-14-11-16(7-9-17-10-8-16)13-6-4-3-5-12(13)14;1-16-14(18)12-10-15(6-8-17-9-7-15)13-5-3-2-4-11(12)13;15-11-9-13(5-7-14-8-6-13)16-12-4-2-1-3-10(11)12;15-12-11-4-2-1-3-10(11)9-13(16-12)5-7-14-8-6-13;15-11-9-3-1-2-4-10(9)12(14-11)5-7-13-8-6-12/h2-8,13,18,21H,9-12H2,1H3;3-6,14,17H,2,7-11H2,1H3,(H,18,19);2-5,12,17H,6-10H2,1H3,(H,16,18);2*1-4,14H,5-9H2;1-4,13H,5-8H2,(H,14,15)/t;;12-;;;/m..1.../s1. The summed E-state index contributed by atoms with van der Waals surface area (Å²) in [6, 6.07) is 56.4. The molecule has 2 unspecified atom stereocenters. The van der Waals surface area contributed by atoms with Crippen molar-refractivity contribution in [3.05, 3.63) is 237 Å². The lowest BCUT2D eigenvalue weighted by atomic mass is 9.69. The molecule has 3 atom stereocenters. The molecule has 20 heteroatoms. The largest absolute Gasteiger partial charge is 0.497 e. The van der Waals surface area contributed by atoms with Gasteiger partial charge in [-0.1, -0.05) is 127 Å². The van der Waals surface area contributed by atoms with Crippen LogP contribution in [0.5, 0.6) is 11.5 Å². The zero-order valence-corrected chi connectivity index (χ0v) is 63.4. The van der Waals surface area contributed by atoms with Gasteiger partial charge >= 0.3 is 18.0 Å². The van der Waals surface area contributed by atoms with Crippen molar-refractivity contribution in [3.8, 4) is 11.5 Å². The number of carbonyl (C=O) groups is 6. The number of amides is 3. The molecule has 20 nitrogen and oxygen atoms in total. The number of hydrogen-bond donors (Lipinski definition) is 9. The van der Waals surface area contributed by atoms with Gasteiger partial charge in [-0.25, -0.2) is 14.4 Å². The fraction of sp³-hybridized carbons (Fsp3) is 0.461. The minimum atomic E-state index is -0.483. The molecule has 19 rings (SSSR count). The average molecular weight is 1480 g/mol. The number of likely N-dealkylation sites (N-methyl/N-ethyl adjacent to an activating group) is 1. The van der Waals surface area contributed by atoms with Crippen LogP contribution in [-0.4, -0.2) is 152 Å². The average Bonchev–Trinajstić information content (AvgIpc) is 1.38. The van der Waals surface area contributed by atoms with Crippen molar-refractivity contribution < 1.29 is 52.5 Å². The second kappa shape index (κ2) is 33.9. The zero-order chi connectivity index (χ0) is 75.5. The normalized spacial score (nSPS) is 22.9. The van der Waals surface area contributed by atoms with Crippen LogP contribution in [-0.2, 0) is 41.8 Å². The van der Waals surface area contributed by atoms with Gasteiger partial charge in [-0.3, -0.25) is 14.4 Å². The first-order chi connectivity index (χ1) is 53.2. The fourth-order valence-corrected chi connectivity index (χ4v) is 19.4. The van der Waals surface area contributed by atoms with Crippen LogP contribution >= 0.6 is 0 Å². The van der Waals surface area contributed by atoms with Crippen LogP contribution in [0.3, 0.4) is 0 Å². The molecule has 574 valence electrons. The number of fused-ring (bicyclic) bond motifs is 9. The van der Waals surface area contributed by atoms with Gasteiger partial charge in [0.1, 0.15) is 28.3 Å². The highest BCUT2D eigenvalue weighted by Crippen LogP contribution is 2.53. The van der Waals surface area contributed by atoms with E-state index in [0.29, 0.717) is 18.6 Å². The van der Waals surface area contributed by atoms with E-state index in [1.807, 2.05) is 110 Å². The maximum absolute atomic E-state index is 12.7. The minimum absolute atomic E-state index is 0.0311. The molecule has 0 bridgehead atoms. The Bertz CT molecular complexity index is 4290. The van der Waals surface area contributed by atoms with E-state index >= 15 is 0 Å². The molecule has 7 aromatic carbocycles. The van der Waals surface area contributed by atoms with E-state index in [-0.39, 0.29) is 81.1 Å². The van der Waals surface area contributed by atoms with Crippen molar-refractivity contribution in [1.29, 1.82) is 0 Å². The molecule has 109 heavy (non-hydrogen) atoms. The van der Waals surface area contributed by atoms with Crippen molar-refractivity contribution in [2.24, 2.45) is 0 Å². The number of methoxy groups -OCH3 is 1. The van der Waals surface area contributed by atoms with E-state index in [4.69, 9.17) is 23.7 Å². The minimum Gasteiger partial charge on any atom is -0.497 e. The van der Waals surface area contributed by atoms with Gasteiger partial charge in [0, 0.05) is 63.0 Å². The first kappa shape index (κ1) is 76.5. The Balaban J connectivity index is 0.000000110. The molecule has 3 amide bonds. The van der Waals surface area contributed by atoms with Crippen LogP contribution in [0.1, 0.15) is 207 Å². The summed E-state index contributed by atoms with van der Waals surface area (Å²) in [6.45, 7) is 13.9. The van der Waals surface area contributed by atoms with E-state index in [9.17, 15) is 28.8 Å². The van der Waals surface area contributed by atoms with E-state index < -0.39 is 5.60 Å². The van der Waals surface area contributed by atoms with Crippen molar-refractivity contribution in [2.45, 2.75) is 161 Å². The van der Waals surface area contributed by atoms with Crippen LogP contribution in [0.15, 0.2) is 170 Å². The quantitative estimate of drug-likeness (QED) is 0.0573. The van der Waals surface area contributed by atoms with E-state index in [1.165, 1.54) is 33.4 Å². The number of nitrogens with one attached hydrogen (secondary N) is 9. The third kappa shape index (κ3) is 16.3. The molecule has 0 radical (unpaired) electrons. The molecule has 10 heterocycles. The monoisotopic (exact) mass is 1480 g/mol. The summed E-state index contributed by atoms with van der Waals surface area (Å²) in [6.07, 6.45) is 15.0. The van der Waals surface area contributed by atoms with Crippen molar-refractivity contribution in [3.63, 3.8) is 0 Å². The lowest BCUT2D eigenvalue weighted by Gasteiger charge is -2.46. The smallest absolute Gasteiger partial charge is 0.407 e. The summed E-state index contributed by atoms with van der Waals surface area (Å²) in [5.74, 6) is 1.72. The molecule has 6 spiro atoms. The maximum atomic E-state index is 12.7. The van der Waals surface area contributed by atoms with Gasteiger partial charge in [-0.15, -0.1) is 0 Å². The fourth-order valence-electron chi connectivity index (χ4n) is 19.4. The highest BCUT2D eigenvalue weighted by molar-refractivity contribution is 6.01. The van der Waals surface area contributed by atoms with Crippen LogP contribution in [0, 0.1) is 0 Å². The molecule has 10 aliphatic heterocycles. The number of benzene rings is 7. The van der Waals surface area contributed by atoms with Crippen LogP contribution in [0.25, 0.3) is 0 Å². The number of para-hydroxylation sites is 1. The summed E-state index contributed by atoms with van der Waals surface area (Å²) < 4.78 is 28.2. The van der Waals surface area contributed by atoms with Gasteiger partial charge < -0.3 is 71.5 Å². The molecule has 6 fully saturated rings. The van der Waals surface area contributed by atoms with Gasteiger partial charge in [-0.2, -0.15) is 0 Å². The molecule has 6 saturated heterocycles.